The van der Waals surface area contributed by atoms with Crippen molar-refractivity contribution in [3.8, 4) is 0 Å². The van der Waals surface area contributed by atoms with Crippen molar-refractivity contribution < 1.29 is 4.79 Å². The Bertz CT molecular complexity index is 325. The van der Waals surface area contributed by atoms with E-state index < -0.39 is 0 Å². The molecule has 13 heavy (non-hydrogen) atoms. The largest absolute Gasteiger partial charge is 0.298 e. The lowest BCUT2D eigenvalue weighted by atomic mass is 10.1. The summed E-state index contributed by atoms with van der Waals surface area (Å²) in [5.74, 6) is 0.0720. The van der Waals surface area contributed by atoms with Gasteiger partial charge in [0, 0.05) is 9.99 Å². The monoisotopic (exact) mass is 328 g/mol. The predicted octanol–water partition coefficient (Wildman–Crippen LogP) is 3.30. The highest BCUT2D eigenvalue weighted by Crippen LogP contribution is 2.19. The molecule has 1 aromatic carbocycles. The number of carbonyl (C=O) groups is 1. The lowest BCUT2D eigenvalue weighted by Crippen LogP contribution is -2.03. The van der Waals surface area contributed by atoms with E-state index in [1.54, 1.807) is 6.07 Å². The first kappa shape index (κ1) is 11.3. The summed E-state index contributed by atoms with van der Waals surface area (Å²) in [4.78, 5) is 11.0. The van der Waals surface area contributed by atoms with Gasteiger partial charge in [0.1, 0.15) is 0 Å². The molecule has 0 bridgehead atoms. The Morgan fingerprint density at radius 2 is 2.15 bits per heavy atom. The van der Waals surface area contributed by atoms with Crippen LogP contribution < -0.4 is 0 Å². The van der Waals surface area contributed by atoms with Gasteiger partial charge in [0.25, 0.3) is 0 Å². The molecule has 0 heterocycles. The van der Waals surface area contributed by atoms with Crippen molar-refractivity contribution in [2.24, 2.45) is 0 Å². The molecule has 0 aliphatic rings. The van der Waals surface area contributed by atoms with Crippen molar-refractivity contribution in [2.45, 2.75) is 6.42 Å². The zero-order chi connectivity index (χ0) is 9.84. The third-order valence-corrected chi connectivity index (χ3v) is 3.40. The summed E-state index contributed by atoms with van der Waals surface area (Å²) < 4.78 is 0.987. The molecule has 0 amide bonds. The van der Waals surface area contributed by atoms with Crippen molar-refractivity contribution in [1.82, 2.24) is 0 Å². The Morgan fingerprint density at radius 3 is 2.69 bits per heavy atom. The second kappa shape index (κ2) is 5.17. The van der Waals surface area contributed by atoms with Crippen LogP contribution >= 0.6 is 45.8 Å². The molecule has 0 saturated heterocycles. The second-order valence-electron chi connectivity index (χ2n) is 2.60. The van der Waals surface area contributed by atoms with Gasteiger partial charge in [-0.2, -0.15) is 0 Å². The van der Waals surface area contributed by atoms with E-state index in [2.05, 4.69) is 22.6 Å². The van der Waals surface area contributed by atoms with E-state index in [0.29, 0.717) is 11.4 Å². The fourth-order valence-corrected chi connectivity index (χ4v) is 1.56. The van der Waals surface area contributed by atoms with E-state index in [4.69, 9.17) is 23.2 Å². The fraction of sp³-hybridized carbons (Fsp3) is 0.222. The van der Waals surface area contributed by atoms with E-state index in [1.807, 2.05) is 12.1 Å². The van der Waals surface area contributed by atoms with Gasteiger partial charge in [-0.05, 0) is 40.3 Å². The molecule has 1 rings (SSSR count). The summed E-state index contributed by atoms with van der Waals surface area (Å²) in [6.45, 7) is 0. The van der Waals surface area contributed by atoms with Crippen molar-refractivity contribution >= 4 is 51.6 Å². The molecule has 0 saturated carbocycles. The van der Waals surface area contributed by atoms with Crippen LogP contribution in [0.3, 0.4) is 0 Å². The lowest BCUT2D eigenvalue weighted by molar-refractivity contribution is -0.116. The fourth-order valence-electron chi connectivity index (χ4n) is 0.925. The maximum absolute atomic E-state index is 11.0. The number of ketones is 1. The van der Waals surface area contributed by atoms with Gasteiger partial charge < -0.3 is 0 Å². The minimum atomic E-state index is 0.0129. The number of carbonyl (C=O) groups excluding carboxylic acids is 1. The summed E-state index contributed by atoms with van der Waals surface area (Å²) in [6.07, 6.45) is 0.361. The number of Topliss-reactive ketones (excluding diaryl/α,β-unsaturated/α-hetero) is 1. The van der Waals surface area contributed by atoms with Crippen LogP contribution in [0.2, 0.25) is 5.02 Å². The Balaban J connectivity index is 2.79. The zero-order valence-corrected chi connectivity index (χ0v) is 10.4. The Labute approximate surface area is 101 Å². The Morgan fingerprint density at radius 1 is 1.46 bits per heavy atom. The van der Waals surface area contributed by atoms with Gasteiger partial charge in [0.15, 0.2) is 5.78 Å². The molecule has 0 N–H and O–H groups in total. The molecule has 0 fully saturated rings. The predicted molar refractivity (Wildman–Crippen MR) is 63.6 cm³/mol. The first-order valence-corrected chi connectivity index (χ1v) is 5.64. The normalized spacial score (nSPS) is 10.1. The number of hydrogen-bond donors (Lipinski definition) is 0. The smallest absolute Gasteiger partial charge is 0.151 e. The average molecular weight is 329 g/mol. The van der Waals surface area contributed by atoms with Gasteiger partial charge in [0.2, 0.25) is 0 Å². The van der Waals surface area contributed by atoms with Crippen LogP contribution in [0, 0.1) is 3.57 Å². The van der Waals surface area contributed by atoms with Crippen LogP contribution in [0.5, 0.6) is 0 Å². The van der Waals surface area contributed by atoms with Crippen molar-refractivity contribution in [2.75, 3.05) is 5.88 Å². The molecule has 0 aromatic heterocycles. The number of halogens is 3. The second-order valence-corrected chi connectivity index (χ2v) is 4.43. The van der Waals surface area contributed by atoms with Crippen LogP contribution in [-0.2, 0) is 11.2 Å². The average Bonchev–Trinajstić information content (AvgIpc) is 2.11. The lowest BCUT2D eigenvalue weighted by Gasteiger charge is -2.00. The van der Waals surface area contributed by atoms with Gasteiger partial charge in [-0.1, -0.05) is 17.7 Å². The van der Waals surface area contributed by atoms with Gasteiger partial charge in [-0.25, -0.2) is 0 Å². The van der Waals surface area contributed by atoms with Gasteiger partial charge in [0.05, 0.1) is 10.9 Å². The SMILES string of the molecule is O=C(CCl)Cc1ccc(I)c(Cl)c1. The van der Waals surface area contributed by atoms with Crippen LogP contribution in [-0.4, -0.2) is 11.7 Å². The minimum Gasteiger partial charge on any atom is -0.298 e. The Kier molecular flexibility index (Phi) is 4.49. The van der Waals surface area contributed by atoms with Crippen molar-refractivity contribution in [3.05, 3.63) is 32.4 Å². The van der Waals surface area contributed by atoms with Crippen LogP contribution in [0.4, 0.5) is 0 Å². The number of rotatable bonds is 3. The van der Waals surface area contributed by atoms with E-state index in [0.717, 1.165) is 9.13 Å². The molecular weight excluding hydrogens is 322 g/mol. The number of alkyl halides is 1. The van der Waals surface area contributed by atoms with Gasteiger partial charge in [-0.15, -0.1) is 11.6 Å². The highest BCUT2D eigenvalue weighted by atomic mass is 127. The standard InChI is InChI=1S/C9H7Cl2IO/c10-5-7(13)3-6-1-2-9(12)8(11)4-6/h1-2,4H,3,5H2. The van der Waals surface area contributed by atoms with E-state index in [9.17, 15) is 4.79 Å². The van der Waals surface area contributed by atoms with Gasteiger partial charge in [-0.3, -0.25) is 4.79 Å². The summed E-state index contributed by atoms with van der Waals surface area (Å²) in [6, 6.07) is 5.58. The van der Waals surface area contributed by atoms with Crippen LogP contribution in [0.1, 0.15) is 5.56 Å². The maximum atomic E-state index is 11.0. The quantitative estimate of drug-likeness (QED) is 0.614. The highest BCUT2D eigenvalue weighted by Gasteiger charge is 2.03. The molecule has 0 atom stereocenters. The first-order chi connectivity index (χ1) is 6.13. The van der Waals surface area contributed by atoms with E-state index in [-0.39, 0.29) is 11.7 Å². The third-order valence-electron chi connectivity index (χ3n) is 1.53. The topological polar surface area (TPSA) is 17.1 Å². The number of benzene rings is 1. The summed E-state index contributed by atoms with van der Waals surface area (Å²) >= 11 is 13.4. The Hall–Kier alpha value is 0.200. The molecule has 0 unspecified atom stereocenters. The maximum Gasteiger partial charge on any atom is 0.151 e. The van der Waals surface area contributed by atoms with E-state index >= 15 is 0 Å². The molecular formula is C9H7Cl2IO. The van der Waals surface area contributed by atoms with Crippen molar-refractivity contribution in [1.29, 1.82) is 0 Å². The molecule has 1 aromatic rings. The molecule has 0 radical (unpaired) electrons. The minimum absolute atomic E-state index is 0.0129. The number of hydrogen-bond acceptors (Lipinski definition) is 1. The van der Waals surface area contributed by atoms with Crippen LogP contribution in [0.15, 0.2) is 18.2 Å². The molecule has 1 nitrogen and oxygen atoms in total. The summed E-state index contributed by atoms with van der Waals surface area (Å²) in [7, 11) is 0. The van der Waals surface area contributed by atoms with Gasteiger partial charge >= 0.3 is 0 Å². The summed E-state index contributed by atoms with van der Waals surface area (Å²) in [5, 5.41) is 0.681. The zero-order valence-electron chi connectivity index (χ0n) is 6.69. The molecule has 0 aliphatic carbocycles. The molecule has 70 valence electrons. The van der Waals surface area contributed by atoms with Crippen LogP contribution in [0.25, 0.3) is 0 Å². The highest BCUT2D eigenvalue weighted by molar-refractivity contribution is 14.1. The molecule has 4 heteroatoms. The first-order valence-electron chi connectivity index (χ1n) is 3.65. The van der Waals surface area contributed by atoms with Crippen molar-refractivity contribution in [3.63, 3.8) is 0 Å². The molecule has 0 spiro atoms. The third kappa shape index (κ3) is 3.44. The molecule has 0 aliphatic heterocycles. The van der Waals surface area contributed by atoms with E-state index in [1.165, 1.54) is 0 Å². The summed E-state index contributed by atoms with van der Waals surface area (Å²) in [5.41, 5.74) is 0.913.